The second-order valence-electron chi connectivity index (χ2n) is 5.02. The molecule has 0 aliphatic heterocycles. The smallest absolute Gasteiger partial charge is 0.261 e. The summed E-state index contributed by atoms with van der Waals surface area (Å²) in [5.41, 5.74) is 2.55. The SMILES string of the molecule is CC(=O)c1cc(C)ccc1NS(=O)(=O)c1ccc(C)cc1. The van der Waals surface area contributed by atoms with Crippen LogP contribution in [0.2, 0.25) is 0 Å². The average Bonchev–Trinajstić information content (AvgIpc) is 2.41. The Morgan fingerprint density at radius 1 is 0.952 bits per heavy atom. The molecule has 0 saturated carbocycles. The zero-order valence-electron chi connectivity index (χ0n) is 12.2. The number of rotatable bonds is 4. The molecular formula is C16H17NO3S. The Morgan fingerprint density at radius 3 is 2.10 bits per heavy atom. The van der Waals surface area contributed by atoms with E-state index in [2.05, 4.69) is 4.72 Å². The monoisotopic (exact) mass is 303 g/mol. The predicted octanol–water partition coefficient (Wildman–Crippen LogP) is 3.31. The lowest BCUT2D eigenvalue weighted by atomic mass is 10.1. The Bertz CT molecular complexity index is 778. The first-order valence-electron chi connectivity index (χ1n) is 6.51. The molecule has 5 heteroatoms. The fraction of sp³-hybridized carbons (Fsp3) is 0.188. The van der Waals surface area contributed by atoms with Crippen LogP contribution in [0.1, 0.15) is 28.4 Å². The topological polar surface area (TPSA) is 63.2 Å². The lowest BCUT2D eigenvalue weighted by molar-refractivity contribution is 0.101. The van der Waals surface area contributed by atoms with E-state index in [0.717, 1.165) is 11.1 Å². The van der Waals surface area contributed by atoms with Gasteiger partial charge in [-0.05, 0) is 45.0 Å². The van der Waals surface area contributed by atoms with Crippen molar-refractivity contribution in [2.75, 3.05) is 4.72 Å². The molecule has 110 valence electrons. The number of nitrogens with one attached hydrogen (secondary N) is 1. The van der Waals surface area contributed by atoms with E-state index >= 15 is 0 Å². The second-order valence-corrected chi connectivity index (χ2v) is 6.71. The lowest BCUT2D eigenvalue weighted by Gasteiger charge is -2.12. The molecule has 0 aromatic heterocycles. The van der Waals surface area contributed by atoms with Crippen molar-refractivity contribution in [1.29, 1.82) is 0 Å². The number of carbonyl (C=O) groups is 1. The van der Waals surface area contributed by atoms with E-state index in [-0.39, 0.29) is 10.7 Å². The quantitative estimate of drug-likeness (QED) is 0.881. The minimum absolute atomic E-state index is 0.170. The van der Waals surface area contributed by atoms with E-state index in [1.165, 1.54) is 6.92 Å². The fourth-order valence-corrected chi connectivity index (χ4v) is 3.04. The Balaban J connectivity index is 2.41. The van der Waals surface area contributed by atoms with Gasteiger partial charge in [0, 0.05) is 5.56 Å². The molecule has 0 aliphatic carbocycles. The van der Waals surface area contributed by atoms with Gasteiger partial charge in [-0.15, -0.1) is 0 Å². The number of anilines is 1. The summed E-state index contributed by atoms with van der Waals surface area (Å²) < 4.78 is 27.2. The first-order chi connectivity index (χ1) is 9.79. The molecule has 0 fully saturated rings. The molecule has 0 unspecified atom stereocenters. The molecule has 4 nitrogen and oxygen atoms in total. The number of hydrogen-bond acceptors (Lipinski definition) is 3. The molecule has 0 atom stereocenters. The molecule has 21 heavy (non-hydrogen) atoms. The van der Waals surface area contributed by atoms with E-state index in [0.29, 0.717) is 11.3 Å². The van der Waals surface area contributed by atoms with E-state index in [1.807, 2.05) is 13.8 Å². The largest absolute Gasteiger partial charge is 0.294 e. The van der Waals surface area contributed by atoms with Gasteiger partial charge < -0.3 is 0 Å². The van der Waals surface area contributed by atoms with Gasteiger partial charge in [-0.25, -0.2) is 8.42 Å². The minimum Gasteiger partial charge on any atom is -0.294 e. The molecular weight excluding hydrogens is 286 g/mol. The van der Waals surface area contributed by atoms with Gasteiger partial charge in [0.1, 0.15) is 0 Å². The second kappa shape index (κ2) is 5.69. The van der Waals surface area contributed by atoms with Crippen LogP contribution in [0.3, 0.4) is 0 Å². The van der Waals surface area contributed by atoms with Gasteiger partial charge in [-0.2, -0.15) is 0 Å². The zero-order chi connectivity index (χ0) is 15.6. The highest BCUT2D eigenvalue weighted by Crippen LogP contribution is 2.22. The Hall–Kier alpha value is -2.14. The molecule has 0 heterocycles. The third-order valence-electron chi connectivity index (χ3n) is 3.13. The summed E-state index contributed by atoms with van der Waals surface area (Å²) >= 11 is 0. The molecule has 0 saturated heterocycles. The molecule has 0 bridgehead atoms. The summed E-state index contributed by atoms with van der Waals surface area (Å²) in [4.78, 5) is 11.8. The Kier molecular flexibility index (Phi) is 4.14. The normalized spacial score (nSPS) is 11.2. The highest BCUT2D eigenvalue weighted by atomic mass is 32.2. The Morgan fingerprint density at radius 2 is 1.52 bits per heavy atom. The fourth-order valence-electron chi connectivity index (χ4n) is 1.96. The van der Waals surface area contributed by atoms with Crippen LogP contribution in [0.15, 0.2) is 47.4 Å². The third-order valence-corrected chi connectivity index (χ3v) is 4.51. The minimum atomic E-state index is -3.70. The van der Waals surface area contributed by atoms with Crippen LogP contribution < -0.4 is 4.72 Å². The summed E-state index contributed by atoms with van der Waals surface area (Å²) in [6.45, 7) is 5.15. The van der Waals surface area contributed by atoms with E-state index in [1.54, 1.807) is 42.5 Å². The highest BCUT2D eigenvalue weighted by molar-refractivity contribution is 7.92. The summed E-state index contributed by atoms with van der Waals surface area (Å²) in [7, 11) is -3.70. The first-order valence-corrected chi connectivity index (χ1v) is 7.99. The zero-order valence-corrected chi connectivity index (χ0v) is 13.0. The average molecular weight is 303 g/mol. The summed E-state index contributed by atoms with van der Waals surface area (Å²) in [6.07, 6.45) is 0. The van der Waals surface area contributed by atoms with Crippen molar-refractivity contribution < 1.29 is 13.2 Å². The summed E-state index contributed by atoms with van der Waals surface area (Å²) in [6, 6.07) is 11.6. The van der Waals surface area contributed by atoms with Crippen LogP contribution in [-0.4, -0.2) is 14.2 Å². The number of carbonyl (C=O) groups excluding carboxylic acids is 1. The predicted molar refractivity (Wildman–Crippen MR) is 83.2 cm³/mol. The van der Waals surface area contributed by atoms with E-state index in [9.17, 15) is 13.2 Å². The first kappa shape index (κ1) is 15.3. The lowest BCUT2D eigenvalue weighted by Crippen LogP contribution is -2.15. The van der Waals surface area contributed by atoms with Crippen molar-refractivity contribution in [3.05, 3.63) is 59.2 Å². The standard InChI is InChI=1S/C16H17NO3S/c1-11-4-7-14(8-5-11)21(19,20)17-16-9-6-12(2)10-15(16)13(3)18/h4-10,17H,1-3H3. The molecule has 0 spiro atoms. The number of Topliss-reactive ketones (excluding diaryl/α,β-unsaturated/α-hetero) is 1. The van der Waals surface area contributed by atoms with Crippen molar-refractivity contribution in [3.63, 3.8) is 0 Å². The van der Waals surface area contributed by atoms with Gasteiger partial charge in [0.25, 0.3) is 10.0 Å². The molecule has 1 N–H and O–H groups in total. The van der Waals surface area contributed by atoms with Gasteiger partial charge in [-0.1, -0.05) is 29.3 Å². The summed E-state index contributed by atoms with van der Waals surface area (Å²) in [5, 5.41) is 0. The van der Waals surface area contributed by atoms with E-state index < -0.39 is 10.0 Å². The van der Waals surface area contributed by atoms with Gasteiger partial charge in [0.05, 0.1) is 10.6 Å². The summed E-state index contributed by atoms with van der Waals surface area (Å²) in [5.74, 6) is -0.180. The van der Waals surface area contributed by atoms with Crippen molar-refractivity contribution in [2.45, 2.75) is 25.7 Å². The maximum absolute atomic E-state index is 12.4. The van der Waals surface area contributed by atoms with Crippen molar-refractivity contribution in [2.24, 2.45) is 0 Å². The Labute approximate surface area is 124 Å². The number of sulfonamides is 1. The van der Waals surface area contributed by atoms with Crippen molar-refractivity contribution in [3.8, 4) is 0 Å². The highest BCUT2D eigenvalue weighted by Gasteiger charge is 2.17. The maximum atomic E-state index is 12.4. The molecule has 2 rings (SSSR count). The van der Waals surface area contributed by atoms with Gasteiger partial charge >= 0.3 is 0 Å². The molecule has 0 amide bonds. The van der Waals surface area contributed by atoms with Gasteiger partial charge in [-0.3, -0.25) is 9.52 Å². The van der Waals surface area contributed by atoms with Crippen molar-refractivity contribution in [1.82, 2.24) is 0 Å². The maximum Gasteiger partial charge on any atom is 0.261 e. The molecule has 0 radical (unpaired) electrons. The van der Waals surface area contributed by atoms with Crippen LogP contribution in [0, 0.1) is 13.8 Å². The van der Waals surface area contributed by atoms with Crippen LogP contribution in [0.25, 0.3) is 0 Å². The van der Waals surface area contributed by atoms with E-state index in [4.69, 9.17) is 0 Å². The van der Waals surface area contributed by atoms with Crippen LogP contribution in [0.5, 0.6) is 0 Å². The molecule has 2 aromatic rings. The van der Waals surface area contributed by atoms with Gasteiger partial charge in [0.15, 0.2) is 5.78 Å². The number of aryl methyl sites for hydroxylation is 2. The third kappa shape index (κ3) is 3.49. The molecule has 2 aromatic carbocycles. The van der Waals surface area contributed by atoms with Crippen molar-refractivity contribution >= 4 is 21.5 Å². The van der Waals surface area contributed by atoms with Crippen LogP contribution >= 0.6 is 0 Å². The number of hydrogen-bond donors (Lipinski definition) is 1. The van der Waals surface area contributed by atoms with Crippen LogP contribution in [0.4, 0.5) is 5.69 Å². The number of benzene rings is 2. The van der Waals surface area contributed by atoms with Gasteiger partial charge in [0.2, 0.25) is 0 Å². The van der Waals surface area contributed by atoms with Crippen LogP contribution in [-0.2, 0) is 10.0 Å². The number of ketones is 1. The molecule has 0 aliphatic rings.